The Labute approximate surface area is 141 Å². The molecular weight excluding hydrogens is 314 g/mol. The highest BCUT2D eigenvalue weighted by Crippen LogP contribution is 2.29. The van der Waals surface area contributed by atoms with E-state index in [0.717, 1.165) is 37.8 Å². The van der Waals surface area contributed by atoms with Crippen LogP contribution >= 0.6 is 0 Å². The molecule has 24 heavy (non-hydrogen) atoms. The molecule has 6 heteroatoms. The maximum Gasteiger partial charge on any atom is 0.239 e. The Morgan fingerprint density at radius 2 is 1.88 bits per heavy atom. The number of para-hydroxylation sites is 1. The first kappa shape index (κ1) is 18.4. The molecule has 0 aromatic heterocycles. The maximum atomic E-state index is 13.7. The zero-order valence-corrected chi connectivity index (χ0v) is 14.4. The van der Waals surface area contributed by atoms with E-state index in [0.29, 0.717) is 6.54 Å². The molecule has 0 bridgehead atoms. The fourth-order valence-corrected chi connectivity index (χ4v) is 3.04. The van der Waals surface area contributed by atoms with Gasteiger partial charge in [0.25, 0.3) is 0 Å². The molecule has 1 heterocycles. The van der Waals surface area contributed by atoms with Crippen molar-refractivity contribution in [2.45, 2.75) is 52.5 Å². The van der Waals surface area contributed by atoms with Crippen LogP contribution in [0.5, 0.6) is 0 Å². The van der Waals surface area contributed by atoms with Gasteiger partial charge in [0.15, 0.2) is 0 Å². The van der Waals surface area contributed by atoms with Crippen LogP contribution in [0.15, 0.2) is 18.2 Å². The summed E-state index contributed by atoms with van der Waals surface area (Å²) in [4.78, 5) is 27.1. The Balaban J connectivity index is 2.19. The van der Waals surface area contributed by atoms with Crippen molar-refractivity contribution in [3.63, 3.8) is 0 Å². The summed E-state index contributed by atoms with van der Waals surface area (Å²) in [6.07, 6.45) is 3.71. The normalized spacial score (nSPS) is 18.4. The van der Waals surface area contributed by atoms with E-state index >= 15 is 0 Å². The molecule has 2 amide bonds. The van der Waals surface area contributed by atoms with Crippen molar-refractivity contribution in [3.05, 3.63) is 29.8 Å². The summed E-state index contributed by atoms with van der Waals surface area (Å²) in [7, 11) is 0. The van der Waals surface area contributed by atoms with Crippen LogP contribution in [-0.2, 0) is 9.59 Å². The highest BCUT2D eigenvalue weighted by Gasteiger charge is 2.42. The third kappa shape index (κ3) is 3.57. The summed E-state index contributed by atoms with van der Waals surface area (Å²) >= 11 is 0. The number of benzene rings is 1. The number of halogens is 2. The smallest absolute Gasteiger partial charge is 0.239 e. The second-order valence-electron chi connectivity index (χ2n) is 6.73. The molecule has 132 valence electrons. The lowest BCUT2D eigenvalue weighted by Crippen LogP contribution is -2.52. The molecule has 0 saturated carbocycles. The van der Waals surface area contributed by atoms with Gasteiger partial charge in [0.2, 0.25) is 11.8 Å². The monoisotopic (exact) mass is 338 g/mol. The Morgan fingerprint density at radius 1 is 1.25 bits per heavy atom. The highest BCUT2D eigenvalue weighted by molar-refractivity contribution is 6.10. The van der Waals surface area contributed by atoms with Crippen LogP contribution in [0.3, 0.4) is 0 Å². The van der Waals surface area contributed by atoms with Crippen LogP contribution in [0.25, 0.3) is 0 Å². The van der Waals surface area contributed by atoms with Crippen LogP contribution < -0.4 is 5.32 Å². The lowest BCUT2D eigenvalue weighted by molar-refractivity contribution is -0.149. The second kappa shape index (κ2) is 7.28. The van der Waals surface area contributed by atoms with E-state index in [1.54, 1.807) is 4.90 Å². The summed E-state index contributed by atoms with van der Waals surface area (Å²) in [5.74, 6) is -2.74. The number of piperidine rings is 1. The average Bonchev–Trinajstić information content (AvgIpc) is 2.57. The molecule has 1 aromatic carbocycles. The van der Waals surface area contributed by atoms with E-state index in [-0.39, 0.29) is 11.9 Å². The number of amides is 2. The van der Waals surface area contributed by atoms with Crippen LogP contribution in [-0.4, -0.2) is 29.3 Å². The summed E-state index contributed by atoms with van der Waals surface area (Å²) < 4.78 is 27.4. The third-order valence-corrected chi connectivity index (χ3v) is 4.66. The van der Waals surface area contributed by atoms with Crippen molar-refractivity contribution in [2.75, 3.05) is 11.9 Å². The van der Waals surface area contributed by atoms with E-state index in [9.17, 15) is 18.4 Å². The van der Waals surface area contributed by atoms with Crippen LogP contribution in [0.4, 0.5) is 14.5 Å². The Morgan fingerprint density at radius 3 is 2.46 bits per heavy atom. The number of hydrogen-bond donors (Lipinski definition) is 1. The Bertz CT molecular complexity index is 611. The van der Waals surface area contributed by atoms with Gasteiger partial charge < -0.3 is 10.2 Å². The summed E-state index contributed by atoms with van der Waals surface area (Å²) in [5.41, 5.74) is -1.92. The molecule has 1 atom stereocenters. The molecule has 1 aromatic rings. The van der Waals surface area contributed by atoms with Gasteiger partial charge in [-0.2, -0.15) is 0 Å². The lowest BCUT2D eigenvalue weighted by Gasteiger charge is -2.39. The number of carbonyl (C=O) groups excluding carboxylic acids is 2. The molecule has 2 rings (SSSR count). The molecule has 1 N–H and O–H groups in total. The zero-order chi connectivity index (χ0) is 17.9. The zero-order valence-electron chi connectivity index (χ0n) is 14.4. The van der Waals surface area contributed by atoms with Crippen molar-refractivity contribution in [3.8, 4) is 0 Å². The first-order chi connectivity index (χ1) is 11.3. The molecule has 1 saturated heterocycles. The number of anilines is 1. The first-order valence-electron chi connectivity index (χ1n) is 8.35. The predicted octanol–water partition coefficient (Wildman–Crippen LogP) is 3.72. The van der Waals surface area contributed by atoms with E-state index in [1.165, 1.54) is 19.9 Å². The van der Waals surface area contributed by atoms with Crippen molar-refractivity contribution < 1.29 is 18.4 Å². The Hall–Kier alpha value is -1.98. The van der Waals surface area contributed by atoms with E-state index in [1.807, 2.05) is 6.92 Å². The summed E-state index contributed by atoms with van der Waals surface area (Å²) in [6.45, 7) is 5.61. The van der Waals surface area contributed by atoms with Gasteiger partial charge >= 0.3 is 0 Å². The molecule has 1 unspecified atom stereocenters. The molecule has 1 aliphatic heterocycles. The van der Waals surface area contributed by atoms with E-state index in [2.05, 4.69) is 5.32 Å². The summed E-state index contributed by atoms with van der Waals surface area (Å²) in [5, 5.41) is 2.24. The molecule has 4 nitrogen and oxygen atoms in total. The van der Waals surface area contributed by atoms with Crippen molar-refractivity contribution >= 4 is 17.5 Å². The predicted molar refractivity (Wildman–Crippen MR) is 88.4 cm³/mol. The standard InChI is InChI=1S/C18H24F2N2O2/c1-4-12-8-5-6-11-22(12)17(24)18(2,3)16(23)21-15-13(19)9-7-10-14(15)20/h7,9-10,12H,4-6,8,11H2,1-3H3,(H,21,23). The van der Waals surface area contributed by atoms with Gasteiger partial charge in [-0.1, -0.05) is 13.0 Å². The van der Waals surface area contributed by atoms with E-state index < -0.39 is 28.6 Å². The van der Waals surface area contributed by atoms with Crippen molar-refractivity contribution in [1.82, 2.24) is 4.90 Å². The number of rotatable bonds is 4. The molecule has 0 spiro atoms. The molecular formula is C18H24F2N2O2. The van der Waals surface area contributed by atoms with Gasteiger partial charge in [-0.05, 0) is 51.7 Å². The average molecular weight is 338 g/mol. The van der Waals surface area contributed by atoms with Gasteiger partial charge in [0.05, 0.1) is 0 Å². The minimum atomic E-state index is -1.40. The van der Waals surface area contributed by atoms with Crippen LogP contribution in [0.1, 0.15) is 46.5 Å². The fraction of sp³-hybridized carbons (Fsp3) is 0.556. The largest absolute Gasteiger partial charge is 0.339 e. The molecule has 0 radical (unpaired) electrons. The van der Waals surface area contributed by atoms with Gasteiger partial charge in [0.1, 0.15) is 22.7 Å². The summed E-state index contributed by atoms with van der Waals surface area (Å²) in [6, 6.07) is 3.45. The Kier molecular flexibility index (Phi) is 5.57. The van der Waals surface area contributed by atoms with Crippen LogP contribution in [0, 0.1) is 17.0 Å². The van der Waals surface area contributed by atoms with Gasteiger partial charge in [-0.3, -0.25) is 9.59 Å². The van der Waals surface area contributed by atoms with Gasteiger partial charge in [-0.15, -0.1) is 0 Å². The molecule has 1 fully saturated rings. The maximum absolute atomic E-state index is 13.7. The molecule has 0 aliphatic carbocycles. The van der Waals surface area contributed by atoms with Gasteiger partial charge in [-0.25, -0.2) is 8.78 Å². The number of likely N-dealkylation sites (tertiary alicyclic amines) is 1. The van der Waals surface area contributed by atoms with Crippen molar-refractivity contribution in [2.24, 2.45) is 5.41 Å². The second-order valence-corrected chi connectivity index (χ2v) is 6.73. The topological polar surface area (TPSA) is 49.4 Å². The fourth-order valence-electron chi connectivity index (χ4n) is 3.04. The third-order valence-electron chi connectivity index (χ3n) is 4.66. The number of carbonyl (C=O) groups is 2. The number of hydrogen-bond acceptors (Lipinski definition) is 2. The molecule has 1 aliphatic rings. The highest BCUT2D eigenvalue weighted by atomic mass is 19.1. The lowest BCUT2D eigenvalue weighted by atomic mass is 9.87. The van der Waals surface area contributed by atoms with Crippen molar-refractivity contribution in [1.29, 1.82) is 0 Å². The number of nitrogens with one attached hydrogen (secondary N) is 1. The quantitative estimate of drug-likeness (QED) is 0.851. The SMILES string of the molecule is CCC1CCCCN1C(=O)C(C)(C)C(=O)Nc1c(F)cccc1F. The number of nitrogens with zero attached hydrogens (tertiary/aromatic N) is 1. The minimum Gasteiger partial charge on any atom is -0.339 e. The minimum absolute atomic E-state index is 0.114. The van der Waals surface area contributed by atoms with Gasteiger partial charge in [0, 0.05) is 12.6 Å². The van der Waals surface area contributed by atoms with Crippen LogP contribution in [0.2, 0.25) is 0 Å². The first-order valence-corrected chi connectivity index (χ1v) is 8.35. The van der Waals surface area contributed by atoms with E-state index in [4.69, 9.17) is 0 Å².